The minimum atomic E-state index is 0.0672. The molecule has 0 unspecified atom stereocenters. The van der Waals surface area contributed by atoms with E-state index in [1.54, 1.807) is 0 Å². The average Bonchev–Trinajstić information content (AvgIpc) is 3.89. The van der Waals surface area contributed by atoms with Gasteiger partial charge in [-0.2, -0.15) is 0 Å². The third-order valence-electron chi connectivity index (χ3n) is 11.1. The maximum Gasteiger partial charge on any atom is 0.119 e. The third-order valence-corrected chi connectivity index (χ3v) is 11.1. The van der Waals surface area contributed by atoms with Gasteiger partial charge in [0.25, 0.3) is 0 Å². The minimum Gasteiger partial charge on any atom is -0.341 e. The predicted octanol–water partition coefficient (Wildman–Crippen LogP) is 11.0. The highest BCUT2D eigenvalue weighted by atomic mass is 14.9. The molecule has 0 aliphatic heterocycles. The molecule has 224 valence electrons. The van der Waals surface area contributed by atoms with Gasteiger partial charge in [0.05, 0.1) is 17.0 Å². The molecule has 0 amide bonds. The van der Waals surface area contributed by atoms with Gasteiger partial charge in [-0.15, -0.1) is 0 Å². The van der Waals surface area contributed by atoms with Crippen molar-refractivity contribution in [3.8, 4) is 33.4 Å². The molecule has 3 aliphatic rings. The molecule has 0 bridgehead atoms. The summed E-state index contributed by atoms with van der Waals surface area (Å²) in [5.74, 6) is 1.31. The van der Waals surface area contributed by atoms with Gasteiger partial charge in [-0.05, 0) is 90.0 Å². The van der Waals surface area contributed by atoms with Crippen molar-refractivity contribution >= 4 is 11.0 Å². The molecule has 8 aromatic rings. The van der Waals surface area contributed by atoms with E-state index in [0.717, 1.165) is 16.9 Å². The van der Waals surface area contributed by atoms with Gasteiger partial charge in [0.15, 0.2) is 0 Å². The number of aromatic nitrogens is 2. The van der Waals surface area contributed by atoms with Gasteiger partial charge in [0, 0.05) is 11.8 Å². The molecule has 0 radical (unpaired) electrons. The van der Waals surface area contributed by atoms with Crippen LogP contribution in [-0.4, -0.2) is 9.97 Å². The Balaban J connectivity index is 1.19. The van der Waals surface area contributed by atoms with E-state index < -0.39 is 0 Å². The Labute approximate surface area is 279 Å². The zero-order valence-corrected chi connectivity index (χ0v) is 26.2. The number of nitrogens with zero attached hydrogens (tertiary/aromatic N) is 1. The van der Waals surface area contributed by atoms with Gasteiger partial charge in [0.1, 0.15) is 5.82 Å². The zero-order valence-electron chi connectivity index (χ0n) is 26.2. The molecule has 0 atom stereocenters. The molecule has 7 aromatic carbocycles. The molecule has 11 rings (SSSR count). The number of imidazole rings is 1. The molecule has 1 N–H and O–H groups in total. The maximum atomic E-state index is 5.44. The highest BCUT2D eigenvalue weighted by Gasteiger charge is 2.37. The van der Waals surface area contributed by atoms with Crippen molar-refractivity contribution < 1.29 is 0 Å². The second-order valence-electron chi connectivity index (χ2n) is 13.4. The maximum absolute atomic E-state index is 5.44. The van der Waals surface area contributed by atoms with Gasteiger partial charge < -0.3 is 4.98 Å². The Morgan fingerprint density at radius 1 is 0.333 bits per heavy atom. The van der Waals surface area contributed by atoms with Crippen molar-refractivity contribution in [2.24, 2.45) is 0 Å². The third kappa shape index (κ3) is 3.49. The van der Waals surface area contributed by atoms with E-state index in [1.165, 1.54) is 77.9 Å². The largest absolute Gasteiger partial charge is 0.341 e. The predicted molar refractivity (Wildman–Crippen MR) is 195 cm³/mol. The van der Waals surface area contributed by atoms with E-state index in [4.69, 9.17) is 4.98 Å². The van der Waals surface area contributed by atoms with E-state index in [-0.39, 0.29) is 17.8 Å². The number of nitrogens with one attached hydrogen (secondary N) is 1. The second kappa shape index (κ2) is 9.76. The monoisotopic (exact) mass is 610 g/mol. The summed E-state index contributed by atoms with van der Waals surface area (Å²) in [6.45, 7) is 0. The Morgan fingerprint density at radius 2 is 0.646 bits per heavy atom. The summed E-state index contributed by atoms with van der Waals surface area (Å²) >= 11 is 0. The lowest BCUT2D eigenvalue weighted by molar-refractivity contribution is 0.915. The zero-order chi connectivity index (χ0) is 31.3. The van der Waals surface area contributed by atoms with Crippen molar-refractivity contribution in [3.63, 3.8) is 0 Å². The standard InChI is InChI=1S/C46H30N2/c1-7-19-33-27(13-1)28-14-2-8-20-34(28)43(33)39-25-41-42(26-40(39)44-35-21-9-3-15-29(35)30-16-4-10-22-36(30)44)48-46(47-41)45-37-23-11-5-17-31(37)32-18-6-12-24-38(32)45/h1-26,43-45H,(H,47,48). The molecule has 0 saturated carbocycles. The summed E-state index contributed by atoms with van der Waals surface area (Å²) in [5, 5.41) is 0. The smallest absolute Gasteiger partial charge is 0.119 e. The number of benzene rings is 7. The van der Waals surface area contributed by atoms with Gasteiger partial charge >= 0.3 is 0 Å². The summed E-state index contributed by atoms with van der Waals surface area (Å²) < 4.78 is 0. The Bertz CT molecular complexity index is 2340. The van der Waals surface area contributed by atoms with Crippen LogP contribution < -0.4 is 0 Å². The van der Waals surface area contributed by atoms with Crippen LogP contribution in [0.4, 0.5) is 0 Å². The van der Waals surface area contributed by atoms with Gasteiger partial charge in [0.2, 0.25) is 0 Å². The van der Waals surface area contributed by atoms with Crippen LogP contribution in [0.2, 0.25) is 0 Å². The van der Waals surface area contributed by atoms with Crippen LogP contribution >= 0.6 is 0 Å². The summed E-state index contributed by atoms with van der Waals surface area (Å²) in [4.78, 5) is 9.31. The number of aromatic amines is 1. The van der Waals surface area contributed by atoms with Crippen LogP contribution in [0.5, 0.6) is 0 Å². The fraction of sp³-hybridized carbons (Fsp3) is 0.0652. The van der Waals surface area contributed by atoms with E-state index in [2.05, 4.69) is 163 Å². The van der Waals surface area contributed by atoms with Crippen molar-refractivity contribution in [1.29, 1.82) is 0 Å². The molecule has 1 aromatic heterocycles. The van der Waals surface area contributed by atoms with E-state index in [0.29, 0.717) is 0 Å². The van der Waals surface area contributed by atoms with Crippen LogP contribution in [0.1, 0.15) is 68.1 Å². The molecular formula is C46H30N2. The SMILES string of the molecule is c1ccc2c(c1)-c1ccccc1C2c1nc2cc(C3c4ccccc4-c4ccccc43)c(C3c4ccccc4-c4ccccc43)cc2[nH]1. The molecule has 1 heterocycles. The Morgan fingerprint density at radius 3 is 1.02 bits per heavy atom. The number of hydrogen-bond acceptors (Lipinski definition) is 1. The lowest BCUT2D eigenvalue weighted by Gasteiger charge is -2.24. The number of fused-ring (bicyclic) bond motifs is 10. The summed E-state index contributed by atoms with van der Waals surface area (Å²) in [5.41, 5.74) is 20.8. The summed E-state index contributed by atoms with van der Waals surface area (Å²) in [6.07, 6.45) is 0. The number of hydrogen-bond donors (Lipinski definition) is 1. The number of H-pyrrole nitrogens is 1. The highest BCUT2D eigenvalue weighted by molar-refractivity contribution is 5.88. The van der Waals surface area contributed by atoms with E-state index in [9.17, 15) is 0 Å². The topological polar surface area (TPSA) is 28.7 Å². The Hall–Kier alpha value is -5.99. The second-order valence-corrected chi connectivity index (χ2v) is 13.4. The summed E-state index contributed by atoms with van der Waals surface area (Å²) in [6, 6.07) is 58.4. The van der Waals surface area contributed by atoms with E-state index >= 15 is 0 Å². The quantitative estimate of drug-likeness (QED) is 0.212. The van der Waals surface area contributed by atoms with Crippen molar-refractivity contribution in [3.05, 3.63) is 208 Å². The van der Waals surface area contributed by atoms with Crippen LogP contribution in [-0.2, 0) is 0 Å². The highest BCUT2D eigenvalue weighted by Crippen LogP contribution is 2.55. The average molecular weight is 611 g/mol. The molecule has 0 fully saturated rings. The van der Waals surface area contributed by atoms with Crippen molar-refractivity contribution in [1.82, 2.24) is 9.97 Å². The minimum absolute atomic E-state index is 0.0672. The molecule has 0 spiro atoms. The first-order chi connectivity index (χ1) is 23.8. The first kappa shape index (κ1) is 26.1. The van der Waals surface area contributed by atoms with Crippen LogP contribution in [0.25, 0.3) is 44.4 Å². The normalized spacial score (nSPS) is 14.4. The van der Waals surface area contributed by atoms with Gasteiger partial charge in [-0.1, -0.05) is 146 Å². The van der Waals surface area contributed by atoms with Crippen molar-refractivity contribution in [2.45, 2.75) is 17.8 Å². The lowest BCUT2D eigenvalue weighted by atomic mass is 9.79. The van der Waals surface area contributed by atoms with Gasteiger partial charge in [-0.3, -0.25) is 0 Å². The molecule has 48 heavy (non-hydrogen) atoms. The first-order valence-corrected chi connectivity index (χ1v) is 16.9. The Kier molecular flexibility index (Phi) is 5.31. The van der Waals surface area contributed by atoms with E-state index in [1.807, 2.05) is 0 Å². The molecule has 3 aliphatic carbocycles. The van der Waals surface area contributed by atoms with Crippen LogP contribution in [0, 0.1) is 0 Å². The first-order valence-electron chi connectivity index (χ1n) is 16.9. The number of rotatable bonds is 3. The van der Waals surface area contributed by atoms with Crippen molar-refractivity contribution in [2.75, 3.05) is 0 Å². The van der Waals surface area contributed by atoms with Gasteiger partial charge in [-0.25, -0.2) is 4.98 Å². The molecule has 2 heteroatoms. The van der Waals surface area contributed by atoms with Crippen LogP contribution in [0.3, 0.4) is 0 Å². The fourth-order valence-electron chi connectivity index (χ4n) is 9.18. The molecular weight excluding hydrogens is 581 g/mol. The summed E-state index contributed by atoms with van der Waals surface area (Å²) in [7, 11) is 0. The fourth-order valence-corrected chi connectivity index (χ4v) is 9.18. The van der Waals surface area contributed by atoms with Crippen LogP contribution in [0.15, 0.2) is 158 Å². The lowest BCUT2D eigenvalue weighted by Crippen LogP contribution is -2.09. The molecule has 2 nitrogen and oxygen atoms in total. The molecule has 0 saturated heterocycles.